The summed E-state index contributed by atoms with van der Waals surface area (Å²) in [6.45, 7) is 9.83. The zero-order chi connectivity index (χ0) is 9.56. The average molecular weight is 168 g/mol. The van der Waals surface area contributed by atoms with Gasteiger partial charge in [0.2, 0.25) is 0 Å². The minimum Gasteiger partial charge on any atom is -0.462 e. The molecule has 0 unspecified atom stereocenters. The van der Waals surface area contributed by atoms with Gasteiger partial charge in [-0.05, 0) is 12.8 Å². The minimum atomic E-state index is -0.332. The van der Waals surface area contributed by atoms with E-state index in [2.05, 4.69) is 6.58 Å². The first kappa shape index (κ1) is 11.0. The van der Waals surface area contributed by atoms with Gasteiger partial charge in [0.25, 0.3) is 0 Å². The van der Waals surface area contributed by atoms with Crippen molar-refractivity contribution in [1.82, 2.24) is 0 Å². The Balaban J connectivity index is 3.80. The number of hydrogen-bond donors (Lipinski definition) is 0. The third-order valence-electron chi connectivity index (χ3n) is 1.18. The van der Waals surface area contributed by atoms with E-state index in [1.807, 2.05) is 20.8 Å². The quantitative estimate of drug-likeness (QED) is 0.366. The zero-order valence-electron chi connectivity index (χ0n) is 7.96. The lowest BCUT2D eigenvalue weighted by molar-refractivity contribution is -0.139. The maximum atomic E-state index is 11.1. The molecule has 12 heavy (non-hydrogen) atoms. The summed E-state index contributed by atoms with van der Waals surface area (Å²) in [6.07, 6.45) is 3.40. The highest BCUT2D eigenvalue weighted by molar-refractivity contribution is 5.90. The van der Waals surface area contributed by atoms with Crippen LogP contribution in [0.25, 0.3) is 0 Å². The maximum Gasteiger partial charge on any atom is 0.337 e. The monoisotopic (exact) mass is 168 g/mol. The molecule has 0 aliphatic heterocycles. The van der Waals surface area contributed by atoms with Crippen LogP contribution in [0, 0.1) is 5.92 Å². The topological polar surface area (TPSA) is 26.3 Å². The fourth-order valence-electron chi connectivity index (χ4n) is 0.604. The highest BCUT2D eigenvalue weighted by Gasteiger charge is 2.05. The second-order valence-electron chi connectivity index (χ2n) is 3.02. The highest BCUT2D eigenvalue weighted by atomic mass is 16.5. The fourth-order valence-corrected chi connectivity index (χ4v) is 0.604. The lowest BCUT2D eigenvalue weighted by atomic mass is 10.2. The van der Waals surface area contributed by atoms with E-state index in [-0.39, 0.29) is 5.97 Å². The van der Waals surface area contributed by atoms with Crippen molar-refractivity contribution in [2.24, 2.45) is 5.92 Å². The molecule has 68 valence electrons. The molecule has 0 bridgehead atoms. The Morgan fingerprint density at radius 3 is 2.58 bits per heavy atom. The lowest BCUT2D eigenvalue weighted by Gasteiger charge is -2.06. The Morgan fingerprint density at radius 1 is 1.58 bits per heavy atom. The lowest BCUT2D eigenvalue weighted by Crippen LogP contribution is -2.10. The van der Waals surface area contributed by atoms with Crippen LogP contribution in [0.5, 0.6) is 0 Å². The summed E-state index contributed by atoms with van der Waals surface area (Å²) in [4.78, 5) is 11.1. The van der Waals surface area contributed by atoms with Crippen molar-refractivity contribution in [2.75, 3.05) is 6.61 Å². The van der Waals surface area contributed by atoms with Crippen LogP contribution in [0.4, 0.5) is 0 Å². The van der Waals surface area contributed by atoms with Gasteiger partial charge >= 0.3 is 5.97 Å². The first-order valence-electron chi connectivity index (χ1n) is 4.06. The summed E-state index contributed by atoms with van der Waals surface area (Å²) in [6, 6.07) is 0. The molecule has 0 radical (unpaired) electrons. The molecule has 0 atom stereocenters. The van der Waals surface area contributed by atoms with Gasteiger partial charge in [0.15, 0.2) is 0 Å². The second kappa shape index (κ2) is 5.58. The van der Waals surface area contributed by atoms with Crippen LogP contribution in [0.1, 0.15) is 20.8 Å². The van der Waals surface area contributed by atoms with Crippen molar-refractivity contribution >= 4 is 5.97 Å². The van der Waals surface area contributed by atoms with Crippen LogP contribution in [0.15, 0.2) is 24.3 Å². The molecule has 0 amide bonds. The Bertz CT molecular complexity index is 190. The van der Waals surface area contributed by atoms with Crippen LogP contribution >= 0.6 is 0 Å². The summed E-state index contributed by atoms with van der Waals surface area (Å²) in [5.41, 5.74) is 0.401. The van der Waals surface area contributed by atoms with Crippen LogP contribution < -0.4 is 0 Å². The Labute approximate surface area is 73.9 Å². The van der Waals surface area contributed by atoms with Gasteiger partial charge in [-0.3, -0.25) is 0 Å². The molecule has 0 aromatic rings. The van der Waals surface area contributed by atoms with E-state index < -0.39 is 0 Å². The van der Waals surface area contributed by atoms with Gasteiger partial charge in [-0.1, -0.05) is 32.6 Å². The predicted octanol–water partition coefficient (Wildman–Crippen LogP) is 2.32. The molecule has 0 spiro atoms. The molecular weight excluding hydrogens is 152 g/mol. The van der Waals surface area contributed by atoms with E-state index in [9.17, 15) is 4.79 Å². The fraction of sp³-hybridized carbons (Fsp3) is 0.500. The number of esters is 1. The molecule has 0 aliphatic rings. The second-order valence-corrected chi connectivity index (χ2v) is 3.02. The Kier molecular flexibility index (Phi) is 5.09. The van der Waals surface area contributed by atoms with Gasteiger partial charge in [-0.25, -0.2) is 4.79 Å². The van der Waals surface area contributed by atoms with Crippen LogP contribution in [-0.2, 0) is 9.53 Å². The molecule has 0 N–H and O–H groups in total. The number of carbonyl (C=O) groups is 1. The van der Waals surface area contributed by atoms with Gasteiger partial charge in [0.05, 0.1) is 12.2 Å². The van der Waals surface area contributed by atoms with Crippen LogP contribution in [0.2, 0.25) is 0 Å². The maximum absolute atomic E-state index is 11.1. The van der Waals surface area contributed by atoms with Crippen LogP contribution in [-0.4, -0.2) is 12.6 Å². The number of hydrogen-bond acceptors (Lipinski definition) is 2. The zero-order valence-corrected chi connectivity index (χ0v) is 7.96. The molecule has 0 heterocycles. The summed E-state index contributed by atoms with van der Waals surface area (Å²) >= 11 is 0. The molecular formula is C10H16O2. The van der Waals surface area contributed by atoms with E-state index in [0.29, 0.717) is 18.1 Å². The van der Waals surface area contributed by atoms with Gasteiger partial charge < -0.3 is 4.74 Å². The van der Waals surface area contributed by atoms with Crippen molar-refractivity contribution in [3.8, 4) is 0 Å². The van der Waals surface area contributed by atoms with Crippen molar-refractivity contribution in [3.63, 3.8) is 0 Å². The minimum absolute atomic E-state index is 0.332. The molecule has 0 aromatic heterocycles. The molecule has 0 saturated carbocycles. The average Bonchev–Trinajstić information content (AvgIpc) is 2.00. The van der Waals surface area contributed by atoms with Crippen molar-refractivity contribution in [3.05, 3.63) is 24.3 Å². The standard InChI is InChI=1S/C10H16O2/c1-5-6-9(4)10(11)12-7-8(2)3/h5-6,8H,4,7H2,1-3H3. The Hall–Kier alpha value is -1.05. The number of allylic oxidation sites excluding steroid dienone is 1. The SMILES string of the molecule is C=C(C=CC)C(=O)OCC(C)C. The van der Waals surface area contributed by atoms with Crippen molar-refractivity contribution in [2.45, 2.75) is 20.8 Å². The van der Waals surface area contributed by atoms with Crippen molar-refractivity contribution in [1.29, 1.82) is 0 Å². The molecule has 0 aromatic carbocycles. The normalized spacial score (nSPS) is 10.7. The third-order valence-corrected chi connectivity index (χ3v) is 1.18. The van der Waals surface area contributed by atoms with E-state index in [1.165, 1.54) is 0 Å². The molecule has 0 rings (SSSR count). The van der Waals surface area contributed by atoms with Gasteiger partial charge in [0, 0.05) is 0 Å². The van der Waals surface area contributed by atoms with Gasteiger partial charge in [-0.15, -0.1) is 0 Å². The van der Waals surface area contributed by atoms with Gasteiger partial charge in [0.1, 0.15) is 0 Å². The number of rotatable bonds is 4. The number of ether oxygens (including phenoxy) is 1. The molecule has 2 heteroatoms. The van der Waals surface area contributed by atoms with E-state index in [1.54, 1.807) is 12.2 Å². The largest absolute Gasteiger partial charge is 0.462 e. The third kappa shape index (κ3) is 4.72. The molecule has 0 saturated heterocycles. The van der Waals surface area contributed by atoms with E-state index in [0.717, 1.165) is 0 Å². The smallest absolute Gasteiger partial charge is 0.337 e. The van der Waals surface area contributed by atoms with E-state index in [4.69, 9.17) is 4.74 Å². The molecule has 0 fully saturated rings. The summed E-state index contributed by atoms with van der Waals surface area (Å²) in [7, 11) is 0. The Morgan fingerprint density at radius 2 is 2.17 bits per heavy atom. The summed E-state index contributed by atoms with van der Waals surface area (Å²) < 4.78 is 4.93. The summed E-state index contributed by atoms with van der Waals surface area (Å²) in [5, 5.41) is 0. The van der Waals surface area contributed by atoms with Gasteiger partial charge in [-0.2, -0.15) is 0 Å². The highest BCUT2D eigenvalue weighted by Crippen LogP contribution is 2.00. The molecule has 2 nitrogen and oxygen atoms in total. The summed E-state index contributed by atoms with van der Waals surface area (Å²) in [5.74, 6) is 0.0363. The van der Waals surface area contributed by atoms with Crippen LogP contribution in [0.3, 0.4) is 0 Å². The first-order valence-corrected chi connectivity index (χ1v) is 4.06. The number of carbonyl (C=O) groups excluding carboxylic acids is 1. The van der Waals surface area contributed by atoms with E-state index >= 15 is 0 Å². The first-order chi connectivity index (χ1) is 5.57. The predicted molar refractivity (Wildman–Crippen MR) is 49.8 cm³/mol. The molecule has 0 aliphatic carbocycles. The van der Waals surface area contributed by atoms with Crippen molar-refractivity contribution < 1.29 is 9.53 Å².